The largest absolute Gasteiger partial charge is 0.389 e. The molecule has 0 spiro atoms. The van der Waals surface area contributed by atoms with Crippen LogP contribution < -0.4 is 5.32 Å². The van der Waals surface area contributed by atoms with E-state index in [-0.39, 0.29) is 6.42 Å². The Morgan fingerprint density at radius 1 is 1.07 bits per heavy atom. The summed E-state index contributed by atoms with van der Waals surface area (Å²) in [5.74, 6) is 0. The van der Waals surface area contributed by atoms with Crippen molar-refractivity contribution >= 4 is 0 Å². The lowest BCUT2D eigenvalue weighted by molar-refractivity contribution is -0.135. The van der Waals surface area contributed by atoms with Crippen molar-refractivity contribution in [3.63, 3.8) is 0 Å². The predicted octanol–water partition coefficient (Wildman–Crippen LogP) is 3.66. The van der Waals surface area contributed by atoms with E-state index in [9.17, 15) is 13.2 Å². The van der Waals surface area contributed by atoms with Gasteiger partial charge in [0.15, 0.2) is 0 Å². The molecule has 0 bridgehead atoms. The molecular weight excluding hydrogens is 203 g/mol. The highest BCUT2D eigenvalue weighted by Crippen LogP contribution is 2.22. The Morgan fingerprint density at radius 3 is 2.33 bits per heavy atom. The van der Waals surface area contributed by atoms with Crippen molar-refractivity contribution in [1.82, 2.24) is 5.32 Å². The molecule has 15 heavy (non-hydrogen) atoms. The summed E-state index contributed by atoms with van der Waals surface area (Å²) in [6.45, 7) is 4.01. The van der Waals surface area contributed by atoms with E-state index in [0.29, 0.717) is 6.42 Å². The van der Waals surface area contributed by atoms with Gasteiger partial charge in [0.1, 0.15) is 0 Å². The average Bonchev–Trinajstić information content (AvgIpc) is 2.14. The van der Waals surface area contributed by atoms with Gasteiger partial charge in [-0.1, -0.05) is 19.1 Å². The average molecular weight is 223 g/mol. The van der Waals surface area contributed by atoms with Gasteiger partial charge in [-0.15, -0.1) is 0 Å². The van der Waals surface area contributed by atoms with Crippen LogP contribution in [0.5, 0.6) is 0 Å². The summed E-state index contributed by atoms with van der Waals surface area (Å²) in [6, 6.07) is 0. The number of nitrogens with one attached hydrogen (secondary N) is 1. The fourth-order valence-electron chi connectivity index (χ4n) is 1.14. The number of unbranched alkanes of at least 4 members (excludes halogenated alkanes) is 1. The third-order valence-corrected chi connectivity index (χ3v) is 1.91. The van der Waals surface area contributed by atoms with Gasteiger partial charge < -0.3 is 5.32 Å². The Bertz CT molecular complexity index is 164. The standard InChI is InChI=1S/C11H20F3N/c1-2-9-15-10-7-5-3-4-6-8-11(12,13)14/h3,5,15H,2,4,6-10H2,1H3/b5-3+. The van der Waals surface area contributed by atoms with Crippen LogP contribution in [0.3, 0.4) is 0 Å². The molecule has 1 N–H and O–H groups in total. The Hall–Kier alpha value is -0.510. The SMILES string of the molecule is CCCNCC/C=C/CCCC(F)(F)F. The molecule has 0 aromatic carbocycles. The van der Waals surface area contributed by atoms with E-state index in [4.69, 9.17) is 0 Å². The first-order chi connectivity index (χ1) is 7.06. The Balaban J connectivity index is 3.18. The van der Waals surface area contributed by atoms with Gasteiger partial charge >= 0.3 is 6.18 Å². The first kappa shape index (κ1) is 14.5. The van der Waals surface area contributed by atoms with E-state index >= 15 is 0 Å². The monoisotopic (exact) mass is 223 g/mol. The summed E-state index contributed by atoms with van der Waals surface area (Å²) in [7, 11) is 0. The van der Waals surface area contributed by atoms with Gasteiger partial charge in [-0.3, -0.25) is 0 Å². The molecule has 0 rings (SSSR count). The second-order valence-corrected chi connectivity index (χ2v) is 3.52. The zero-order valence-corrected chi connectivity index (χ0v) is 9.24. The molecule has 0 aliphatic heterocycles. The van der Waals surface area contributed by atoms with Crippen LogP contribution in [0, 0.1) is 0 Å². The van der Waals surface area contributed by atoms with Crippen LogP contribution in [0.25, 0.3) is 0 Å². The highest BCUT2D eigenvalue weighted by atomic mass is 19.4. The predicted molar refractivity (Wildman–Crippen MR) is 56.8 cm³/mol. The number of alkyl halides is 3. The van der Waals surface area contributed by atoms with Crippen LogP contribution in [-0.2, 0) is 0 Å². The van der Waals surface area contributed by atoms with Crippen molar-refractivity contribution in [2.75, 3.05) is 13.1 Å². The minimum Gasteiger partial charge on any atom is -0.316 e. The normalized spacial score (nSPS) is 12.5. The van der Waals surface area contributed by atoms with Crippen molar-refractivity contribution in [3.8, 4) is 0 Å². The molecule has 0 heterocycles. The zero-order chi connectivity index (χ0) is 11.6. The van der Waals surface area contributed by atoms with Crippen molar-refractivity contribution in [2.24, 2.45) is 0 Å². The number of rotatable bonds is 8. The second kappa shape index (κ2) is 8.77. The van der Waals surface area contributed by atoms with E-state index in [1.54, 1.807) is 0 Å². The smallest absolute Gasteiger partial charge is 0.316 e. The molecule has 0 aliphatic rings. The lowest BCUT2D eigenvalue weighted by Crippen LogP contribution is -2.14. The van der Waals surface area contributed by atoms with Gasteiger partial charge in [-0.2, -0.15) is 13.2 Å². The molecule has 0 atom stereocenters. The molecule has 0 amide bonds. The molecular formula is C11H20F3N. The van der Waals surface area contributed by atoms with Crippen molar-refractivity contribution in [1.29, 1.82) is 0 Å². The van der Waals surface area contributed by atoms with Crippen LogP contribution in [0.15, 0.2) is 12.2 Å². The van der Waals surface area contributed by atoms with Crippen molar-refractivity contribution in [3.05, 3.63) is 12.2 Å². The van der Waals surface area contributed by atoms with Crippen LogP contribution in [0.2, 0.25) is 0 Å². The van der Waals surface area contributed by atoms with Crippen LogP contribution in [0.4, 0.5) is 13.2 Å². The highest BCUT2D eigenvalue weighted by Gasteiger charge is 2.25. The fraction of sp³-hybridized carbons (Fsp3) is 0.818. The molecule has 90 valence electrons. The summed E-state index contributed by atoms with van der Waals surface area (Å²) < 4.78 is 35.2. The minimum atomic E-state index is -4.00. The van der Waals surface area contributed by atoms with E-state index in [0.717, 1.165) is 25.9 Å². The van der Waals surface area contributed by atoms with Gasteiger partial charge in [0.2, 0.25) is 0 Å². The van der Waals surface area contributed by atoms with E-state index in [1.807, 2.05) is 12.2 Å². The lowest BCUT2D eigenvalue weighted by Gasteiger charge is -2.03. The molecule has 0 aromatic heterocycles. The number of allylic oxidation sites excluding steroid dienone is 1. The van der Waals surface area contributed by atoms with Crippen molar-refractivity contribution < 1.29 is 13.2 Å². The topological polar surface area (TPSA) is 12.0 Å². The Labute approximate surface area is 89.7 Å². The molecule has 0 saturated heterocycles. The van der Waals surface area contributed by atoms with Crippen LogP contribution >= 0.6 is 0 Å². The maximum atomic E-state index is 11.7. The van der Waals surface area contributed by atoms with Gasteiger partial charge in [0, 0.05) is 6.42 Å². The summed E-state index contributed by atoms with van der Waals surface area (Å²) in [5.41, 5.74) is 0. The third kappa shape index (κ3) is 13.5. The summed E-state index contributed by atoms with van der Waals surface area (Å²) >= 11 is 0. The molecule has 0 aromatic rings. The molecule has 4 heteroatoms. The van der Waals surface area contributed by atoms with Gasteiger partial charge in [0.25, 0.3) is 0 Å². The summed E-state index contributed by atoms with van der Waals surface area (Å²) in [6.07, 6.45) is 1.82. The van der Waals surface area contributed by atoms with Gasteiger partial charge in [0.05, 0.1) is 0 Å². The summed E-state index contributed by atoms with van der Waals surface area (Å²) in [4.78, 5) is 0. The number of halogens is 3. The lowest BCUT2D eigenvalue weighted by atomic mass is 10.2. The quantitative estimate of drug-likeness (QED) is 0.489. The maximum absolute atomic E-state index is 11.7. The van der Waals surface area contributed by atoms with Gasteiger partial charge in [-0.05, 0) is 38.8 Å². The second-order valence-electron chi connectivity index (χ2n) is 3.52. The molecule has 0 fully saturated rings. The minimum absolute atomic E-state index is 0.197. The van der Waals surface area contributed by atoms with E-state index in [1.165, 1.54) is 0 Å². The fourth-order valence-corrected chi connectivity index (χ4v) is 1.14. The van der Waals surface area contributed by atoms with Crippen LogP contribution in [0.1, 0.15) is 39.0 Å². The van der Waals surface area contributed by atoms with E-state index < -0.39 is 12.6 Å². The Morgan fingerprint density at radius 2 is 1.73 bits per heavy atom. The molecule has 0 saturated carbocycles. The van der Waals surface area contributed by atoms with Crippen molar-refractivity contribution in [2.45, 2.75) is 45.2 Å². The molecule has 0 unspecified atom stereocenters. The van der Waals surface area contributed by atoms with Gasteiger partial charge in [-0.25, -0.2) is 0 Å². The molecule has 0 aliphatic carbocycles. The van der Waals surface area contributed by atoms with E-state index in [2.05, 4.69) is 12.2 Å². The first-order valence-corrected chi connectivity index (χ1v) is 5.48. The van der Waals surface area contributed by atoms with Crippen LogP contribution in [-0.4, -0.2) is 19.3 Å². The number of hydrogen-bond donors (Lipinski definition) is 1. The Kier molecular flexibility index (Phi) is 8.47. The summed E-state index contributed by atoms with van der Waals surface area (Å²) in [5, 5.41) is 3.22. The third-order valence-electron chi connectivity index (χ3n) is 1.91. The highest BCUT2D eigenvalue weighted by molar-refractivity contribution is 4.82. The molecule has 1 nitrogen and oxygen atoms in total. The maximum Gasteiger partial charge on any atom is 0.389 e. The number of hydrogen-bond acceptors (Lipinski definition) is 1. The zero-order valence-electron chi connectivity index (χ0n) is 9.24. The first-order valence-electron chi connectivity index (χ1n) is 5.48. The molecule has 0 radical (unpaired) electrons.